The Bertz CT molecular complexity index is 969. The largest absolute Gasteiger partial charge is 0.483 e. The summed E-state index contributed by atoms with van der Waals surface area (Å²) in [4.78, 5) is 12.0. The summed E-state index contributed by atoms with van der Waals surface area (Å²) >= 11 is 0. The van der Waals surface area contributed by atoms with E-state index in [-0.39, 0.29) is 31.3 Å². The van der Waals surface area contributed by atoms with Crippen LogP contribution >= 0.6 is 0 Å². The number of nitrogens with one attached hydrogen (secondary N) is 1. The highest BCUT2D eigenvalue weighted by molar-refractivity contribution is 5.77. The average molecular weight is 405 g/mol. The first-order valence-corrected chi connectivity index (χ1v) is 9.96. The molecule has 1 N–H and O–H groups in total. The van der Waals surface area contributed by atoms with Crippen LogP contribution in [0, 0.1) is 11.8 Å². The van der Waals surface area contributed by atoms with Crippen LogP contribution in [-0.4, -0.2) is 31.3 Å². The minimum Gasteiger partial charge on any atom is -0.483 e. The molecule has 2 aromatic rings. The third-order valence-corrected chi connectivity index (χ3v) is 4.55. The van der Waals surface area contributed by atoms with Crippen LogP contribution in [0.1, 0.15) is 25.0 Å². The summed E-state index contributed by atoms with van der Waals surface area (Å²) in [5.41, 5.74) is 1.91. The summed E-state index contributed by atoms with van der Waals surface area (Å²) in [6, 6.07) is 13.5. The highest BCUT2D eigenvalue weighted by Crippen LogP contribution is 2.41. The average Bonchev–Trinajstić information content (AvgIpc) is 3.04. The molecule has 1 amide bonds. The molecule has 1 aliphatic heterocycles. The third kappa shape index (κ3) is 5.81. The zero-order chi connectivity index (χ0) is 21.4. The van der Waals surface area contributed by atoms with Gasteiger partial charge in [-0.2, -0.15) is 0 Å². The van der Waals surface area contributed by atoms with Crippen molar-refractivity contribution in [3.8, 4) is 29.1 Å². The molecule has 0 fully saturated rings. The Balaban J connectivity index is 1.40. The van der Waals surface area contributed by atoms with Gasteiger partial charge in [-0.3, -0.25) is 4.79 Å². The number of fused-ring (bicyclic) bond motifs is 1. The fourth-order valence-corrected chi connectivity index (χ4v) is 3.23. The smallest absolute Gasteiger partial charge is 0.258 e. The number of para-hydroxylation sites is 2. The highest BCUT2D eigenvalue weighted by Gasteiger charge is 2.32. The van der Waals surface area contributed by atoms with Crippen LogP contribution in [-0.2, 0) is 17.6 Å². The lowest BCUT2D eigenvalue weighted by Gasteiger charge is -2.18. The van der Waals surface area contributed by atoms with Crippen molar-refractivity contribution >= 4 is 5.91 Å². The van der Waals surface area contributed by atoms with Gasteiger partial charge in [-0.05, 0) is 38.0 Å². The highest BCUT2D eigenvalue weighted by atomic mass is 16.5. The van der Waals surface area contributed by atoms with E-state index in [9.17, 15) is 4.79 Å². The SMILES string of the molecule is C=CCc1ccccc1OCC#CCNC(=O)COc1cccc2c1OC(C)(C)C2. The maximum atomic E-state index is 12.0. The second kappa shape index (κ2) is 9.89. The molecule has 1 heterocycles. The Labute approximate surface area is 178 Å². The molecule has 2 aromatic carbocycles. The van der Waals surface area contributed by atoms with Crippen molar-refractivity contribution in [2.45, 2.75) is 32.3 Å². The lowest BCUT2D eigenvalue weighted by Crippen LogP contribution is -2.29. The van der Waals surface area contributed by atoms with Gasteiger partial charge in [0.15, 0.2) is 18.1 Å². The van der Waals surface area contributed by atoms with Gasteiger partial charge in [0.25, 0.3) is 5.91 Å². The predicted octanol–water partition coefficient (Wildman–Crippen LogP) is 3.71. The van der Waals surface area contributed by atoms with E-state index in [4.69, 9.17) is 14.2 Å². The minimum absolute atomic E-state index is 0.0899. The van der Waals surface area contributed by atoms with Gasteiger partial charge in [0, 0.05) is 12.0 Å². The first-order valence-electron chi connectivity index (χ1n) is 9.96. The molecule has 156 valence electrons. The van der Waals surface area contributed by atoms with E-state index in [0.29, 0.717) is 5.75 Å². The van der Waals surface area contributed by atoms with Gasteiger partial charge in [0.05, 0.1) is 6.54 Å². The molecule has 0 aromatic heterocycles. The molecule has 30 heavy (non-hydrogen) atoms. The molecule has 0 unspecified atom stereocenters. The normalized spacial score (nSPS) is 13.3. The quantitative estimate of drug-likeness (QED) is 0.537. The van der Waals surface area contributed by atoms with E-state index in [0.717, 1.165) is 35.5 Å². The van der Waals surface area contributed by atoms with Gasteiger partial charge in [-0.1, -0.05) is 48.2 Å². The number of benzene rings is 2. The summed E-state index contributed by atoms with van der Waals surface area (Å²) in [7, 11) is 0. The number of hydrogen-bond acceptors (Lipinski definition) is 4. The number of rotatable bonds is 8. The van der Waals surface area contributed by atoms with Crippen LogP contribution in [0.3, 0.4) is 0 Å². The van der Waals surface area contributed by atoms with E-state index in [1.54, 1.807) is 0 Å². The molecule has 0 radical (unpaired) electrons. The van der Waals surface area contributed by atoms with Crippen molar-refractivity contribution in [1.29, 1.82) is 0 Å². The van der Waals surface area contributed by atoms with Crippen LogP contribution in [0.25, 0.3) is 0 Å². The summed E-state index contributed by atoms with van der Waals surface area (Å²) in [6.07, 6.45) is 3.40. The van der Waals surface area contributed by atoms with Crippen molar-refractivity contribution < 1.29 is 19.0 Å². The van der Waals surface area contributed by atoms with E-state index in [1.165, 1.54) is 0 Å². The number of amides is 1. The molecule has 0 atom stereocenters. The Hall–Kier alpha value is -3.39. The molecule has 0 spiro atoms. The zero-order valence-electron chi connectivity index (χ0n) is 17.5. The molecule has 5 heteroatoms. The topological polar surface area (TPSA) is 56.8 Å². The lowest BCUT2D eigenvalue weighted by atomic mass is 10.0. The summed E-state index contributed by atoms with van der Waals surface area (Å²) in [5.74, 6) is 7.65. The predicted molar refractivity (Wildman–Crippen MR) is 117 cm³/mol. The Morgan fingerprint density at radius 3 is 2.80 bits per heavy atom. The fourth-order valence-electron chi connectivity index (χ4n) is 3.23. The van der Waals surface area contributed by atoms with E-state index < -0.39 is 0 Å². The monoisotopic (exact) mass is 405 g/mol. The van der Waals surface area contributed by atoms with Gasteiger partial charge < -0.3 is 19.5 Å². The Kier molecular flexibility index (Phi) is 7.03. The molecular formula is C25H27NO4. The number of ether oxygens (including phenoxy) is 3. The molecule has 0 saturated heterocycles. The van der Waals surface area contributed by atoms with E-state index in [2.05, 4.69) is 23.7 Å². The zero-order valence-corrected chi connectivity index (χ0v) is 17.5. The molecule has 0 saturated carbocycles. The summed E-state index contributed by atoms with van der Waals surface area (Å²) < 4.78 is 17.3. The van der Waals surface area contributed by atoms with Gasteiger partial charge >= 0.3 is 0 Å². The molecule has 0 bridgehead atoms. The Morgan fingerprint density at radius 2 is 1.97 bits per heavy atom. The first-order chi connectivity index (χ1) is 14.5. The molecule has 1 aliphatic rings. The maximum absolute atomic E-state index is 12.0. The maximum Gasteiger partial charge on any atom is 0.258 e. The summed E-state index contributed by atoms with van der Waals surface area (Å²) in [5, 5.41) is 2.72. The van der Waals surface area contributed by atoms with Crippen molar-refractivity contribution in [2.24, 2.45) is 0 Å². The standard InChI is InChI=1S/C25H27NO4/c1-4-10-19-11-5-6-13-21(19)28-16-8-7-15-26-23(27)18-29-22-14-9-12-20-17-25(2,3)30-24(20)22/h4-6,9,11-14H,1,10,15-18H2,2-3H3,(H,26,27). The van der Waals surface area contributed by atoms with Crippen molar-refractivity contribution in [3.63, 3.8) is 0 Å². The van der Waals surface area contributed by atoms with Gasteiger partial charge in [0.1, 0.15) is 18.0 Å². The minimum atomic E-state index is -0.256. The molecule has 5 nitrogen and oxygen atoms in total. The van der Waals surface area contributed by atoms with Crippen molar-refractivity contribution in [1.82, 2.24) is 5.32 Å². The first kappa shape index (κ1) is 21.3. The lowest BCUT2D eigenvalue weighted by molar-refractivity contribution is -0.122. The number of carbonyl (C=O) groups is 1. The van der Waals surface area contributed by atoms with E-state index >= 15 is 0 Å². The van der Waals surface area contributed by atoms with Gasteiger partial charge in [-0.15, -0.1) is 6.58 Å². The van der Waals surface area contributed by atoms with Gasteiger partial charge in [0.2, 0.25) is 0 Å². The van der Waals surface area contributed by atoms with Crippen molar-refractivity contribution in [3.05, 3.63) is 66.2 Å². The number of allylic oxidation sites excluding steroid dienone is 1. The van der Waals surface area contributed by atoms with Crippen LogP contribution in [0.4, 0.5) is 0 Å². The van der Waals surface area contributed by atoms with Crippen LogP contribution in [0.15, 0.2) is 55.1 Å². The second-order valence-corrected chi connectivity index (χ2v) is 7.59. The summed E-state index contributed by atoms with van der Waals surface area (Å²) in [6.45, 7) is 8.21. The number of hydrogen-bond donors (Lipinski definition) is 1. The third-order valence-electron chi connectivity index (χ3n) is 4.55. The number of carbonyl (C=O) groups excluding carboxylic acids is 1. The van der Waals surface area contributed by atoms with Crippen LogP contribution in [0.2, 0.25) is 0 Å². The van der Waals surface area contributed by atoms with E-state index in [1.807, 2.05) is 62.4 Å². The van der Waals surface area contributed by atoms with Gasteiger partial charge in [-0.25, -0.2) is 0 Å². The fraction of sp³-hybridized carbons (Fsp3) is 0.320. The second-order valence-electron chi connectivity index (χ2n) is 7.59. The molecule has 3 rings (SSSR count). The van der Waals surface area contributed by atoms with Crippen molar-refractivity contribution in [2.75, 3.05) is 19.8 Å². The molecule has 0 aliphatic carbocycles. The van der Waals surface area contributed by atoms with Crippen LogP contribution < -0.4 is 19.5 Å². The Morgan fingerprint density at radius 1 is 1.17 bits per heavy atom. The molecular weight excluding hydrogens is 378 g/mol. The van der Waals surface area contributed by atoms with Crippen LogP contribution in [0.5, 0.6) is 17.2 Å².